The molecule has 362 valence electrons. The van der Waals surface area contributed by atoms with E-state index >= 15 is 0 Å². The van der Waals surface area contributed by atoms with E-state index in [1.54, 1.807) is 66.7 Å². The van der Waals surface area contributed by atoms with Gasteiger partial charge in [-0.15, -0.1) is 0 Å². The quantitative estimate of drug-likeness (QED) is 0.0234. The lowest BCUT2D eigenvalue weighted by molar-refractivity contribution is 0.0723. The smallest absolute Gasteiger partial charge is 0.343 e. The van der Waals surface area contributed by atoms with Gasteiger partial charge in [-0.05, 0) is 122 Å². The molecule has 0 bridgehead atoms. The van der Waals surface area contributed by atoms with Crippen LogP contribution in [0.2, 0.25) is 0 Å². The van der Waals surface area contributed by atoms with Gasteiger partial charge in [0.2, 0.25) is 0 Å². The first-order valence-corrected chi connectivity index (χ1v) is 25.0. The van der Waals surface area contributed by atoms with Crippen LogP contribution < -0.4 is 28.4 Å². The van der Waals surface area contributed by atoms with E-state index in [-0.39, 0.29) is 34.1 Å². The molecule has 0 aliphatic heterocycles. The Kier molecular flexibility index (Phi) is 23.8. The van der Waals surface area contributed by atoms with E-state index in [0.29, 0.717) is 35.8 Å². The predicted molar refractivity (Wildman–Crippen MR) is 267 cm³/mol. The van der Waals surface area contributed by atoms with Crippen LogP contribution in [0, 0.1) is 0 Å². The maximum Gasteiger partial charge on any atom is 0.343 e. The molecule has 5 aromatic rings. The topological polar surface area (TPSA) is 124 Å². The Hall–Kier alpha value is -6.42. The molecule has 0 aliphatic rings. The van der Waals surface area contributed by atoms with Crippen LogP contribution in [0.4, 0.5) is 0 Å². The summed E-state index contributed by atoms with van der Waals surface area (Å²) < 4.78 is 33.8. The van der Waals surface area contributed by atoms with E-state index in [2.05, 4.69) is 13.8 Å². The van der Waals surface area contributed by atoms with Gasteiger partial charge in [-0.3, -0.25) is 0 Å². The standard InChI is InChI=1S/C58H70O10/c1-3-5-7-9-11-12-13-14-15-16-17-18-20-22-43-64-50-36-28-46(29-37-50)56(60)66-52-40-32-48(33-41-52)58(62)68-54-25-23-24-53(44-54)67-57(61)47-30-38-51(39-31-47)65-55(59)45-26-34-49(35-27-45)63-42-21-19-10-8-6-4-2/h23-41,44H,3-22,42-43H2,1-2H3. The van der Waals surface area contributed by atoms with E-state index in [4.69, 9.17) is 28.4 Å². The molecule has 0 radical (unpaired) electrons. The molecule has 5 aromatic carbocycles. The van der Waals surface area contributed by atoms with Crippen LogP contribution in [0.25, 0.3) is 0 Å². The summed E-state index contributed by atoms with van der Waals surface area (Å²) in [5.41, 5.74) is 1.18. The van der Waals surface area contributed by atoms with Gasteiger partial charge in [-0.1, -0.05) is 135 Å². The minimum absolute atomic E-state index is 0.155. The van der Waals surface area contributed by atoms with Crippen molar-refractivity contribution in [3.63, 3.8) is 0 Å². The van der Waals surface area contributed by atoms with E-state index in [9.17, 15) is 19.2 Å². The third kappa shape index (κ3) is 19.8. The summed E-state index contributed by atoms with van der Waals surface area (Å²) >= 11 is 0. The highest BCUT2D eigenvalue weighted by Crippen LogP contribution is 2.24. The zero-order valence-electron chi connectivity index (χ0n) is 40.2. The lowest BCUT2D eigenvalue weighted by Crippen LogP contribution is -2.11. The molecule has 0 spiro atoms. The van der Waals surface area contributed by atoms with Crippen LogP contribution >= 0.6 is 0 Å². The van der Waals surface area contributed by atoms with Crippen molar-refractivity contribution in [2.45, 2.75) is 142 Å². The number of ether oxygens (including phenoxy) is 6. The molecule has 10 nitrogen and oxygen atoms in total. The number of carbonyl (C=O) groups excluding carboxylic acids is 4. The van der Waals surface area contributed by atoms with Gasteiger partial charge in [-0.2, -0.15) is 0 Å². The van der Waals surface area contributed by atoms with Crippen LogP contribution in [0.3, 0.4) is 0 Å². The Balaban J connectivity index is 0.962. The Bertz CT molecular complexity index is 2230. The first-order valence-electron chi connectivity index (χ1n) is 25.0. The third-order valence-corrected chi connectivity index (χ3v) is 11.5. The molecule has 0 N–H and O–H groups in total. The minimum Gasteiger partial charge on any atom is -0.494 e. The molecule has 0 aromatic heterocycles. The minimum atomic E-state index is -0.660. The Labute approximate surface area is 403 Å². The average Bonchev–Trinajstić information content (AvgIpc) is 3.35. The van der Waals surface area contributed by atoms with Gasteiger partial charge in [0.25, 0.3) is 0 Å². The summed E-state index contributed by atoms with van der Waals surface area (Å²) in [6.07, 6.45) is 25.4. The fourth-order valence-electron chi connectivity index (χ4n) is 7.52. The highest BCUT2D eigenvalue weighted by Gasteiger charge is 2.15. The number of esters is 4. The normalized spacial score (nSPS) is 10.9. The van der Waals surface area contributed by atoms with Crippen LogP contribution in [0.1, 0.15) is 184 Å². The van der Waals surface area contributed by atoms with Gasteiger partial charge in [0.05, 0.1) is 35.5 Å². The van der Waals surface area contributed by atoms with Crippen molar-refractivity contribution < 1.29 is 47.6 Å². The molecule has 0 saturated carbocycles. The van der Waals surface area contributed by atoms with Gasteiger partial charge in [0.15, 0.2) is 0 Å². The van der Waals surface area contributed by atoms with Gasteiger partial charge in [0, 0.05) is 6.07 Å². The Morgan fingerprint density at radius 2 is 0.544 bits per heavy atom. The second kappa shape index (κ2) is 30.8. The van der Waals surface area contributed by atoms with E-state index in [1.807, 2.05) is 0 Å². The van der Waals surface area contributed by atoms with E-state index in [0.717, 1.165) is 25.7 Å². The molecule has 0 saturated heterocycles. The van der Waals surface area contributed by atoms with E-state index < -0.39 is 23.9 Å². The first kappa shape index (κ1) is 52.5. The molecule has 0 aliphatic carbocycles. The van der Waals surface area contributed by atoms with Crippen molar-refractivity contribution in [3.05, 3.63) is 144 Å². The number of carbonyl (C=O) groups is 4. The molecular formula is C58H70O10. The van der Waals surface area contributed by atoms with Crippen molar-refractivity contribution >= 4 is 23.9 Å². The maximum absolute atomic E-state index is 13.0. The van der Waals surface area contributed by atoms with Crippen LogP contribution in [0.5, 0.6) is 34.5 Å². The molecule has 10 heteroatoms. The predicted octanol–water partition coefficient (Wildman–Crippen LogP) is 15.2. The lowest BCUT2D eigenvalue weighted by Gasteiger charge is -2.09. The maximum atomic E-state index is 13.0. The van der Waals surface area contributed by atoms with E-state index in [1.165, 1.54) is 157 Å². The number of rotatable bonds is 32. The Morgan fingerprint density at radius 3 is 0.838 bits per heavy atom. The van der Waals surface area contributed by atoms with Crippen LogP contribution in [-0.4, -0.2) is 37.1 Å². The summed E-state index contributed by atoms with van der Waals surface area (Å²) in [5, 5.41) is 0. The summed E-state index contributed by atoms with van der Waals surface area (Å²) in [7, 11) is 0. The van der Waals surface area contributed by atoms with Gasteiger partial charge in [0.1, 0.15) is 34.5 Å². The zero-order chi connectivity index (χ0) is 48.0. The molecule has 68 heavy (non-hydrogen) atoms. The number of unbranched alkanes of at least 4 members (excludes halogenated alkanes) is 18. The van der Waals surface area contributed by atoms with Gasteiger partial charge in [-0.25, -0.2) is 19.2 Å². The zero-order valence-corrected chi connectivity index (χ0v) is 40.2. The molecule has 0 atom stereocenters. The van der Waals surface area contributed by atoms with Crippen molar-refractivity contribution in [1.29, 1.82) is 0 Å². The fourth-order valence-corrected chi connectivity index (χ4v) is 7.52. The molecule has 0 unspecified atom stereocenters. The molecule has 0 amide bonds. The highest BCUT2D eigenvalue weighted by molar-refractivity contribution is 5.94. The number of hydrogen-bond donors (Lipinski definition) is 0. The monoisotopic (exact) mass is 926 g/mol. The largest absolute Gasteiger partial charge is 0.494 e. The lowest BCUT2D eigenvalue weighted by atomic mass is 10.0. The number of benzene rings is 5. The SMILES string of the molecule is CCCCCCCCCCCCCCCCOc1ccc(C(=O)Oc2ccc(C(=O)Oc3cccc(OC(=O)c4ccc(OC(=O)c5ccc(OCCCCCCCC)cc5)cc4)c3)cc2)cc1. The molecule has 0 heterocycles. The summed E-state index contributed by atoms with van der Waals surface area (Å²) in [4.78, 5) is 51.5. The molecule has 5 rings (SSSR count). The van der Waals surface area contributed by atoms with Crippen molar-refractivity contribution in [2.24, 2.45) is 0 Å². The van der Waals surface area contributed by atoms with Gasteiger partial charge >= 0.3 is 23.9 Å². The highest BCUT2D eigenvalue weighted by atomic mass is 16.6. The number of hydrogen-bond acceptors (Lipinski definition) is 10. The Morgan fingerprint density at radius 1 is 0.294 bits per heavy atom. The van der Waals surface area contributed by atoms with Crippen LogP contribution in [0.15, 0.2) is 121 Å². The summed E-state index contributed by atoms with van der Waals surface area (Å²) in [6, 6.07) is 31.8. The fraction of sp³-hybridized carbons (Fsp3) is 0.414. The second-order valence-electron chi connectivity index (χ2n) is 17.2. The van der Waals surface area contributed by atoms with Crippen LogP contribution in [-0.2, 0) is 0 Å². The van der Waals surface area contributed by atoms with Crippen molar-refractivity contribution in [1.82, 2.24) is 0 Å². The molecular weight excluding hydrogens is 857 g/mol. The summed E-state index contributed by atoms with van der Waals surface area (Å²) in [5.74, 6) is -0.160. The van der Waals surface area contributed by atoms with Gasteiger partial charge < -0.3 is 28.4 Å². The summed E-state index contributed by atoms with van der Waals surface area (Å²) in [6.45, 7) is 5.74. The second-order valence-corrected chi connectivity index (χ2v) is 17.2. The third-order valence-electron chi connectivity index (χ3n) is 11.5. The average molecular weight is 927 g/mol. The molecule has 0 fully saturated rings. The van der Waals surface area contributed by atoms with Crippen molar-refractivity contribution in [2.75, 3.05) is 13.2 Å². The first-order chi connectivity index (χ1) is 33.3. The van der Waals surface area contributed by atoms with Crippen molar-refractivity contribution in [3.8, 4) is 34.5 Å².